The van der Waals surface area contributed by atoms with E-state index >= 15 is 0 Å². The Bertz CT molecular complexity index is 554. The van der Waals surface area contributed by atoms with Crippen molar-refractivity contribution in [1.29, 1.82) is 0 Å². The summed E-state index contributed by atoms with van der Waals surface area (Å²) in [6.07, 6.45) is 14.2. The van der Waals surface area contributed by atoms with Crippen LogP contribution >= 0.6 is 0 Å². The molecule has 0 aromatic heterocycles. The topological polar surface area (TPSA) is 12.5 Å². The highest BCUT2D eigenvalue weighted by Gasteiger charge is 2.57. The van der Waals surface area contributed by atoms with Crippen molar-refractivity contribution >= 4 is 0 Å². The maximum atomic E-state index is 6.21. The lowest BCUT2D eigenvalue weighted by Crippen LogP contribution is -2.50. The van der Waals surface area contributed by atoms with Gasteiger partial charge in [0.25, 0.3) is 0 Å². The maximum absolute atomic E-state index is 6.21. The van der Waals surface area contributed by atoms with Gasteiger partial charge in [0, 0.05) is 6.54 Å². The Labute approximate surface area is 161 Å². The van der Waals surface area contributed by atoms with Crippen LogP contribution in [-0.4, -0.2) is 38.3 Å². The first kappa shape index (κ1) is 19.0. The molecule has 0 amide bonds. The lowest BCUT2D eigenvalue weighted by atomic mass is 9.47. The highest BCUT2D eigenvalue weighted by Crippen LogP contribution is 2.66. The minimum atomic E-state index is 0.370. The highest BCUT2D eigenvalue weighted by atomic mass is 16.5. The van der Waals surface area contributed by atoms with E-state index in [1.165, 1.54) is 51.4 Å². The maximum Gasteiger partial charge on any atom is 0.0759 e. The van der Waals surface area contributed by atoms with E-state index in [-0.39, 0.29) is 0 Å². The summed E-state index contributed by atoms with van der Waals surface area (Å²) in [5, 5.41) is 0. The van der Waals surface area contributed by atoms with E-state index in [1.807, 2.05) is 0 Å². The summed E-state index contributed by atoms with van der Waals surface area (Å²) in [6, 6.07) is 0. The van der Waals surface area contributed by atoms with Gasteiger partial charge in [-0.3, -0.25) is 0 Å². The lowest BCUT2D eigenvalue weighted by molar-refractivity contribution is -0.0565. The number of hydrogen-bond acceptors (Lipinski definition) is 2. The van der Waals surface area contributed by atoms with Crippen LogP contribution in [0.5, 0.6) is 0 Å². The van der Waals surface area contributed by atoms with Crippen molar-refractivity contribution in [2.24, 2.45) is 34.5 Å². The zero-order chi connectivity index (χ0) is 18.5. The van der Waals surface area contributed by atoms with E-state index in [1.54, 1.807) is 5.57 Å². The highest BCUT2D eigenvalue weighted by molar-refractivity contribution is 5.25. The molecule has 3 saturated carbocycles. The second-order valence-corrected chi connectivity index (χ2v) is 10.8. The van der Waals surface area contributed by atoms with Crippen LogP contribution in [0.1, 0.15) is 72.1 Å². The van der Waals surface area contributed by atoms with Crippen LogP contribution in [0.2, 0.25) is 0 Å². The van der Waals surface area contributed by atoms with Gasteiger partial charge in [0.05, 0.1) is 12.7 Å². The third-order valence-electron chi connectivity index (χ3n) is 9.42. The van der Waals surface area contributed by atoms with Gasteiger partial charge in [-0.05, 0) is 100.0 Å². The van der Waals surface area contributed by atoms with Gasteiger partial charge in [0.1, 0.15) is 0 Å². The zero-order valence-electron chi connectivity index (χ0n) is 17.9. The van der Waals surface area contributed by atoms with Crippen LogP contribution in [0.3, 0.4) is 0 Å². The number of likely N-dealkylation sites (N-methyl/N-ethyl adjacent to an activating group) is 1. The molecule has 0 bridgehead atoms. The molecule has 0 spiro atoms. The molecular weight excluding hydrogens is 318 g/mol. The second-order valence-electron chi connectivity index (χ2n) is 10.8. The second kappa shape index (κ2) is 6.92. The van der Waals surface area contributed by atoms with Gasteiger partial charge >= 0.3 is 0 Å². The number of nitrogens with zero attached hydrogens (tertiary/aromatic N) is 1. The minimum absolute atomic E-state index is 0.370. The summed E-state index contributed by atoms with van der Waals surface area (Å²) in [7, 11) is 4.25. The third kappa shape index (κ3) is 3.00. The third-order valence-corrected chi connectivity index (χ3v) is 9.42. The molecule has 0 radical (unpaired) electrons. The van der Waals surface area contributed by atoms with Crippen molar-refractivity contribution in [2.75, 3.05) is 27.2 Å². The Kier molecular flexibility index (Phi) is 5.06. The van der Waals surface area contributed by atoms with Crippen molar-refractivity contribution < 1.29 is 4.74 Å². The van der Waals surface area contributed by atoms with Gasteiger partial charge in [0.15, 0.2) is 0 Å². The number of fused-ring (bicyclic) bond motifs is 5. The Hall–Kier alpha value is -0.340. The largest absolute Gasteiger partial charge is 0.373 e. The molecule has 4 aliphatic rings. The fourth-order valence-electron chi connectivity index (χ4n) is 7.48. The molecule has 0 aromatic rings. The van der Waals surface area contributed by atoms with Crippen LogP contribution < -0.4 is 0 Å². The zero-order valence-corrected chi connectivity index (χ0v) is 17.9. The number of allylic oxidation sites excluding steroid dienone is 1. The Morgan fingerprint density at radius 1 is 1.04 bits per heavy atom. The van der Waals surface area contributed by atoms with Crippen molar-refractivity contribution in [3.05, 3.63) is 11.6 Å². The first-order chi connectivity index (χ1) is 12.3. The Morgan fingerprint density at radius 3 is 2.62 bits per heavy atom. The molecule has 26 heavy (non-hydrogen) atoms. The molecule has 3 unspecified atom stereocenters. The first-order valence-corrected chi connectivity index (χ1v) is 11.3. The van der Waals surface area contributed by atoms with Crippen molar-refractivity contribution in [1.82, 2.24) is 4.90 Å². The summed E-state index contributed by atoms with van der Waals surface area (Å²) in [6.45, 7) is 9.68. The molecule has 7 atom stereocenters. The fraction of sp³-hybridized carbons (Fsp3) is 0.917. The number of rotatable bonds is 4. The van der Waals surface area contributed by atoms with E-state index in [4.69, 9.17) is 4.74 Å². The molecule has 2 nitrogen and oxygen atoms in total. The lowest BCUT2D eigenvalue weighted by Gasteiger charge is -2.58. The Morgan fingerprint density at radius 2 is 1.85 bits per heavy atom. The van der Waals surface area contributed by atoms with E-state index < -0.39 is 0 Å². The van der Waals surface area contributed by atoms with Gasteiger partial charge in [-0.25, -0.2) is 0 Å². The summed E-state index contributed by atoms with van der Waals surface area (Å²) in [5.74, 6) is 3.88. The van der Waals surface area contributed by atoms with E-state index in [0.717, 1.165) is 36.8 Å². The van der Waals surface area contributed by atoms with Gasteiger partial charge in [-0.1, -0.05) is 32.4 Å². The van der Waals surface area contributed by atoms with Gasteiger partial charge in [0.2, 0.25) is 0 Å². The SMILES string of the molecule is C[C@H]1CCC2C3CCC4=C[C@@H](OCCN(C)C)CC[C@]4(C)C3CC[C@@]21C. The molecule has 0 saturated heterocycles. The molecular formula is C24H41NO. The average molecular weight is 360 g/mol. The summed E-state index contributed by atoms with van der Waals surface area (Å²) in [5.41, 5.74) is 2.87. The van der Waals surface area contributed by atoms with Gasteiger partial charge in [-0.15, -0.1) is 0 Å². The van der Waals surface area contributed by atoms with E-state index in [9.17, 15) is 0 Å². The van der Waals surface area contributed by atoms with E-state index in [2.05, 4.69) is 45.8 Å². The molecule has 0 aromatic carbocycles. The predicted octanol–water partition coefficient (Wildman–Crippen LogP) is 5.53. The predicted molar refractivity (Wildman–Crippen MR) is 109 cm³/mol. The van der Waals surface area contributed by atoms with Crippen LogP contribution in [0, 0.1) is 34.5 Å². The molecule has 2 heteroatoms. The summed E-state index contributed by atoms with van der Waals surface area (Å²) >= 11 is 0. The quantitative estimate of drug-likeness (QED) is 0.612. The standard InChI is InChI=1S/C24H41NO/c1-17-6-9-21-20-8-7-18-16-19(26-15-14-25(4)5)10-12-24(18,3)22(20)11-13-23(17,21)2/h16-17,19-22H,6-15H2,1-5H3/t17-,19-,20?,21?,22?,23+,24-/m0/s1. The molecule has 4 aliphatic carbocycles. The molecule has 148 valence electrons. The van der Waals surface area contributed by atoms with Crippen LogP contribution in [-0.2, 0) is 4.74 Å². The molecule has 3 fully saturated rings. The minimum Gasteiger partial charge on any atom is -0.373 e. The normalized spacial score (nSPS) is 47.9. The van der Waals surface area contributed by atoms with Crippen LogP contribution in [0.25, 0.3) is 0 Å². The summed E-state index contributed by atoms with van der Waals surface area (Å²) < 4.78 is 6.21. The van der Waals surface area contributed by atoms with Crippen molar-refractivity contribution in [3.63, 3.8) is 0 Å². The number of ether oxygens (including phenoxy) is 1. The van der Waals surface area contributed by atoms with Crippen molar-refractivity contribution in [3.8, 4) is 0 Å². The fourth-order valence-corrected chi connectivity index (χ4v) is 7.48. The molecule has 0 N–H and O–H groups in total. The van der Waals surface area contributed by atoms with Crippen molar-refractivity contribution in [2.45, 2.75) is 78.2 Å². The smallest absolute Gasteiger partial charge is 0.0759 e. The van der Waals surface area contributed by atoms with Gasteiger partial charge in [-0.2, -0.15) is 0 Å². The number of hydrogen-bond donors (Lipinski definition) is 0. The average Bonchev–Trinajstić information content (AvgIpc) is 2.90. The van der Waals surface area contributed by atoms with Gasteiger partial charge < -0.3 is 9.64 Å². The Balaban J connectivity index is 1.49. The molecule has 4 rings (SSSR count). The molecule has 0 aliphatic heterocycles. The monoisotopic (exact) mass is 359 g/mol. The van der Waals surface area contributed by atoms with E-state index in [0.29, 0.717) is 16.9 Å². The van der Waals surface area contributed by atoms with Crippen LogP contribution in [0.4, 0.5) is 0 Å². The first-order valence-electron chi connectivity index (χ1n) is 11.3. The molecule has 0 heterocycles. The summed E-state index contributed by atoms with van der Waals surface area (Å²) in [4.78, 5) is 2.22. The van der Waals surface area contributed by atoms with Crippen LogP contribution in [0.15, 0.2) is 11.6 Å².